The quantitative estimate of drug-likeness (QED) is 0.182. The number of carbonyl (C=O) groups excluding carboxylic acids is 1. The molecule has 0 saturated heterocycles. The number of nitrogens with zero attached hydrogens (tertiary/aromatic N) is 1. The average molecular weight is 532 g/mol. The van der Waals surface area contributed by atoms with Crippen molar-refractivity contribution in [1.82, 2.24) is 16.0 Å². The third-order valence-electron chi connectivity index (χ3n) is 4.64. The molecule has 0 bridgehead atoms. The van der Waals surface area contributed by atoms with E-state index in [0.29, 0.717) is 18.7 Å². The van der Waals surface area contributed by atoms with E-state index < -0.39 is 6.03 Å². The predicted molar refractivity (Wildman–Crippen MR) is 139 cm³/mol. The van der Waals surface area contributed by atoms with Crippen molar-refractivity contribution in [2.24, 2.45) is 4.99 Å². The lowest BCUT2D eigenvalue weighted by atomic mass is 10.0. The van der Waals surface area contributed by atoms with Crippen molar-refractivity contribution in [3.05, 3.63) is 70.0 Å². The van der Waals surface area contributed by atoms with Crippen molar-refractivity contribution in [2.75, 3.05) is 25.5 Å². The first-order valence-electron chi connectivity index (χ1n) is 10.5. The van der Waals surface area contributed by atoms with Crippen LogP contribution < -0.4 is 21.3 Å². The monoisotopic (exact) mass is 531 g/mol. The van der Waals surface area contributed by atoms with Crippen molar-refractivity contribution in [3.8, 4) is 17.2 Å². The van der Waals surface area contributed by atoms with Crippen molar-refractivity contribution < 1.29 is 20.1 Å². The smallest absolute Gasteiger partial charge is 0.319 e. The summed E-state index contributed by atoms with van der Waals surface area (Å²) in [5.74, 6) is -0.123. The van der Waals surface area contributed by atoms with Gasteiger partial charge in [0.05, 0.1) is 10.5 Å². The van der Waals surface area contributed by atoms with E-state index in [1.54, 1.807) is 25.4 Å². The number of phenolic OH excluding ortho intramolecular Hbond substituents is 3. The standard InChI is InChI=1S/C24H30BrN5O4/c1-15(27-8-9-28-24(34)30-17-11-18(31)13-19(32)12-17)10-22(20-6-4-5-7-23(20)33)29-16(2)21(25)14-26-3/h4-7,10-14,22,27,29,31-33H,8-9H2,1-3H3,(H2,28,30,34)/b15-10+,21-16-,26-14?. The molecule has 1 atom stereocenters. The van der Waals surface area contributed by atoms with Gasteiger partial charge in [-0.25, -0.2) is 4.79 Å². The Hall–Kier alpha value is -3.66. The summed E-state index contributed by atoms with van der Waals surface area (Å²) < 4.78 is 0.796. The summed E-state index contributed by atoms with van der Waals surface area (Å²) in [6.45, 7) is 4.58. The number of halogens is 1. The summed E-state index contributed by atoms with van der Waals surface area (Å²) >= 11 is 3.48. The first-order chi connectivity index (χ1) is 16.2. The molecule has 34 heavy (non-hydrogen) atoms. The molecule has 7 N–H and O–H groups in total. The number of anilines is 1. The summed E-state index contributed by atoms with van der Waals surface area (Å²) in [6.07, 6.45) is 3.63. The van der Waals surface area contributed by atoms with E-state index in [2.05, 4.69) is 42.2 Å². The molecule has 0 aromatic heterocycles. The first kappa shape index (κ1) is 26.6. The van der Waals surface area contributed by atoms with Gasteiger partial charge in [-0.2, -0.15) is 0 Å². The van der Waals surface area contributed by atoms with E-state index in [4.69, 9.17) is 0 Å². The first-order valence-corrected chi connectivity index (χ1v) is 11.3. The maximum Gasteiger partial charge on any atom is 0.319 e. The second-order valence-electron chi connectivity index (χ2n) is 7.44. The van der Waals surface area contributed by atoms with Crippen LogP contribution in [0.1, 0.15) is 25.5 Å². The summed E-state index contributed by atoms with van der Waals surface area (Å²) in [5.41, 5.74) is 2.68. The second-order valence-corrected chi connectivity index (χ2v) is 8.29. The summed E-state index contributed by atoms with van der Waals surface area (Å²) in [7, 11) is 1.69. The maximum atomic E-state index is 12.0. The number of phenols is 3. The fourth-order valence-electron chi connectivity index (χ4n) is 3.06. The molecule has 0 aliphatic heterocycles. The number of benzene rings is 2. The zero-order valence-corrected chi connectivity index (χ0v) is 20.8. The number of hydrogen-bond acceptors (Lipinski definition) is 7. The molecule has 2 aromatic rings. The van der Waals surface area contributed by atoms with Crippen LogP contribution in [0.25, 0.3) is 0 Å². The van der Waals surface area contributed by atoms with Gasteiger partial charge >= 0.3 is 6.03 Å². The number of aromatic hydroxyl groups is 3. The summed E-state index contributed by atoms with van der Waals surface area (Å²) in [4.78, 5) is 16.0. The van der Waals surface area contributed by atoms with Crippen LogP contribution in [0.15, 0.2) is 69.4 Å². The van der Waals surface area contributed by atoms with E-state index >= 15 is 0 Å². The van der Waals surface area contributed by atoms with Gasteiger partial charge in [0.25, 0.3) is 0 Å². The maximum absolute atomic E-state index is 12.0. The normalized spacial score (nSPS) is 13.2. The van der Waals surface area contributed by atoms with Gasteiger partial charge in [0.2, 0.25) is 0 Å². The van der Waals surface area contributed by atoms with E-state index in [1.807, 2.05) is 32.1 Å². The Morgan fingerprint density at radius 1 is 1.06 bits per heavy atom. The zero-order chi connectivity index (χ0) is 25.1. The highest BCUT2D eigenvalue weighted by Gasteiger charge is 2.14. The molecule has 10 heteroatoms. The van der Waals surface area contributed by atoms with E-state index in [-0.39, 0.29) is 29.0 Å². The molecule has 182 valence electrons. The molecule has 0 aliphatic rings. The lowest BCUT2D eigenvalue weighted by Gasteiger charge is -2.20. The summed E-state index contributed by atoms with van der Waals surface area (Å²) in [5, 5.41) is 41.2. The number of urea groups is 1. The highest BCUT2D eigenvalue weighted by Crippen LogP contribution is 2.27. The number of para-hydroxylation sites is 1. The third kappa shape index (κ3) is 8.70. The predicted octanol–water partition coefficient (Wildman–Crippen LogP) is 4.08. The minimum Gasteiger partial charge on any atom is -0.508 e. The topological polar surface area (TPSA) is 138 Å². The zero-order valence-electron chi connectivity index (χ0n) is 19.3. The number of carbonyl (C=O) groups is 1. The Labute approximate surface area is 207 Å². The number of rotatable bonds is 10. The number of nitrogens with one attached hydrogen (secondary N) is 4. The van der Waals surface area contributed by atoms with Crippen LogP contribution >= 0.6 is 15.9 Å². The molecule has 0 saturated carbocycles. The van der Waals surface area contributed by atoms with Crippen molar-refractivity contribution in [3.63, 3.8) is 0 Å². The van der Waals surface area contributed by atoms with Gasteiger partial charge in [0.1, 0.15) is 17.2 Å². The molecule has 0 heterocycles. The Balaban J connectivity index is 1.98. The highest BCUT2D eigenvalue weighted by molar-refractivity contribution is 9.12. The lowest BCUT2D eigenvalue weighted by Crippen LogP contribution is -2.34. The minimum absolute atomic E-state index is 0.149. The van der Waals surface area contributed by atoms with Gasteiger partial charge in [-0.15, -0.1) is 0 Å². The van der Waals surface area contributed by atoms with Crippen LogP contribution in [0.2, 0.25) is 0 Å². The van der Waals surface area contributed by atoms with Crippen LogP contribution in [0, 0.1) is 0 Å². The molecule has 1 unspecified atom stereocenters. The molecule has 0 aliphatic carbocycles. The molecule has 0 fully saturated rings. The summed E-state index contributed by atoms with van der Waals surface area (Å²) in [6, 6.07) is 10.2. The van der Waals surface area contributed by atoms with Gasteiger partial charge in [-0.1, -0.05) is 18.2 Å². The SMILES string of the molecule is CN=C/C(Br)=C(\C)NC(/C=C(\C)NCCNC(=O)Nc1cc(O)cc(O)c1)c1ccccc1O. The minimum atomic E-state index is -0.467. The molecular formula is C24H30BrN5O4. The highest BCUT2D eigenvalue weighted by atomic mass is 79.9. The molecule has 0 spiro atoms. The largest absolute Gasteiger partial charge is 0.508 e. The third-order valence-corrected chi connectivity index (χ3v) is 5.44. The lowest BCUT2D eigenvalue weighted by molar-refractivity contribution is 0.252. The van der Waals surface area contributed by atoms with Gasteiger partial charge in [-0.05, 0) is 41.9 Å². The van der Waals surface area contributed by atoms with Crippen LogP contribution in [-0.2, 0) is 0 Å². The van der Waals surface area contributed by atoms with Crippen molar-refractivity contribution >= 4 is 33.9 Å². The second kappa shape index (κ2) is 13.1. The molecular weight excluding hydrogens is 502 g/mol. The molecule has 9 nitrogen and oxygen atoms in total. The Bertz CT molecular complexity index is 1060. The Morgan fingerprint density at radius 2 is 1.71 bits per heavy atom. The number of hydrogen-bond donors (Lipinski definition) is 7. The Morgan fingerprint density at radius 3 is 2.35 bits per heavy atom. The Kier molecular flexibility index (Phi) is 10.3. The van der Waals surface area contributed by atoms with Crippen LogP contribution in [-0.4, -0.2) is 47.7 Å². The van der Waals surface area contributed by atoms with Crippen molar-refractivity contribution in [2.45, 2.75) is 19.9 Å². The fraction of sp³-hybridized carbons (Fsp3) is 0.250. The number of allylic oxidation sites excluding steroid dienone is 3. The van der Waals surface area contributed by atoms with Crippen LogP contribution in [0.3, 0.4) is 0 Å². The fourth-order valence-corrected chi connectivity index (χ4v) is 3.38. The van der Waals surface area contributed by atoms with Crippen LogP contribution in [0.5, 0.6) is 17.2 Å². The number of amides is 2. The van der Waals surface area contributed by atoms with E-state index in [9.17, 15) is 20.1 Å². The molecule has 0 radical (unpaired) electrons. The van der Waals surface area contributed by atoms with E-state index in [0.717, 1.165) is 15.9 Å². The van der Waals surface area contributed by atoms with Crippen molar-refractivity contribution in [1.29, 1.82) is 0 Å². The molecule has 2 aromatic carbocycles. The van der Waals surface area contributed by atoms with E-state index in [1.165, 1.54) is 18.2 Å². The van der Waals surface area contributed by atoms with Gasteiger partial charge < -0.3 is 36.6 Å². The van der Waals surface area contributed by atoms with Gasteiger partial charge in [0, 0.05) is 67.2 Å². The van der Waals surface area contributed by atoms with Gasteiger partial charge in [0.15, 0.2) is 0 Å². The molecule has 2 rings (SSSR count). The van der Waals surface area contributed by atoms with Crippen LogP contribution in [0.4, 0.5) is 10.5 Å². The molecule has 2 amide bonds. The number of aliphatic imine (C=N–C) groups is 1. The average Bonchev–Trinajstić information content (AvgIpc) is 2.76. The van der Waals surface area contributed by atoms with Gasteiger partial charge in [-0.3, -0.25) is 4.99 Å².